The molecule has 0 fully saturated rings. The van der Waals surface area contributed by atoms with Crippen LogP contribution in [-0.2, 0) is 148 Å². The molecule has 7 aliphatic heterocycles. The summed E-state index contributed by atoms with van der Waals surface area (Å²) < 4.78 is 52.1. The minimum atomic E-state index is -1.26. The summed E-state index contributed by atoms with van der Waals surface area (Å²) in [4.78, 5) is 224. The van der Waals surface area contributed by atoms with Crippen LogP contribution in [0.1, 0.15) is 55.4 Å². The molecule has 7 rings (SSSR count). The van der Waals surface area contributed by atoms with Gasteiger partial charge in [0.05, 0.1) is 58.8 Å². The van der Waals surface area contributed by atoms with E-state index in [9.17, 15) is 95.9 Å². The number of carboxylic acids is 1. The van der Waals surface area contributed by atoms with Crippen molar-refractivity contribution in [3.8, 4) is 0 Å². The number of aliphatic carboxylic acids is 1. The van der Waals surface area contributed by atoms with Gasteiger partial charge in [-0.2, -0.15) is 0 Å². The lowest BCUT2D eigenvalue weighted by atomic mass is 10.1. The number of ether oxygens (including phenoxy) is 11. The van der Waals surface area contributed by atoms with Gasteiger partial charge in [-0.25, -0.2) is 57.5 Å². The molecule has 45 nitrogen and oxygen atoms in total. The fourth-order valence-corrected chi connectivity index (χ4v) is 7.36. The number of methoxy groups -OCH3 is 1. The molecule has 0 radical (unpaired) electrons. The number of nitrogens with one attached hydrogen (secondary N) is 13. The molecule has 0 atom stereocenters. The number of esters is 11. The zero-order chi connectivity index (χ0) is 90.9. The van der Waals surface area contributed by atoms with Crippen LogP contribution in [0.15, 0.2) is 230 Å². The highest BCUT2D eigenvalue weighted by Gasteiger charge is 2.24. The number of hydrogen-bond donors (Lipinski definition) is 14. The second-order valence-electron chi connectivity index (χ2n) is 24.2. The van der Waals surface area contributed by atoms with Crippen molar-refractivity contribution in [2.24, 2.45) is 0 Å². The third-order valence-electron chi connectivity index (χ3n) is 12.9. The van der Waals surface area contributed by atoms with Crippen LogP contribution in [0.25, 0.3) is 0 Å². The Morgan fingerprint density at radius 3 is 0.795 bits per heavy atom. The summed E-state index contributed by atoms with van der Waals surface area (Å²) in [5.41, 5.74) is 0.835. The summed E-state index contributed by atoms with van der Waals surface area (Å²) in [7, 11) is 1.19. The molecular formula is C77H89N13O32. The van der Waals surface area contributed by atoms with E-state index >= 15 is 0 Å². The van der Waals surface area contributed by atoms with E-state index < -0.39 is 124 Å². The van der Waals surface area contributed by atoms with Crippen molar-refractivity contribution in [1.29, 1.82) is 0 Å². The third-order valence-corrected chi connectivity index (χ3v) is 12.9. The molecule has 654 valence electrons. The number of amides is 8. The Balaban J connectivity index is 0.000000735. The maximum Gasteiger partial charge on any atom is 0.331 e. The normalized spacial score (nSPS) is 15.1. The van der Waals surface area contributed by atoms with Gasteiger partial charge in [-0.1, -0.05) is 53.0 Å². The van der Waals surface area contributed by atoms with Crippen molar-refractivity contribution < 1.29 is 153 Å². The summed E-state index contributed by atoms with van der Waals surface area (Å²) in [6.45, 7) is 29.7. The summed E-state index contributed by atoms with van der Waals surface area (Å²) >= 11 is 0. The van der Waals surface area contributed by atoms with E-state index in [1.54, 1.807) is 41.5 Å². The van der Waals surface area contributed by atoms with E-state index in [0.29, 0.717) is 41.0 Å². The van der Waals surface area contributed by atoms with E-state index in [-0.39, 0.29) is 112 Å². The molecular weight excluding hydrogens is 1620 g/mol. The predicted octanol–water partition coefficient (Wildman–Crippen LogP) is -1.77. The molecule has 45 heteroatoms. The Hall–Kier alpha value is -16.5. The largest absolute Gasteiger partial charge is 0.478 e. The smallest absolute Gasteiger partial charge is 0.331 e. The average molecular weight is 1710 g/mol. The zero-order valence-corrected chi connectivity index (χ0v) is 65.8. The van der Waals surface area contributed by atoms with Crippen LogP contribution in [0.3, 0.4) is 0 Å². The predicted molar refractivity (Wildman–Crippen MR) is 418 cm³/mol. The van der Waals surface area contributed by atoms with Gasteiger partial charge < -0.3 is 121 Å². The molecule has 0 saturated heterocycles. The van der Waals surface area contributed by atoms with E-state index in [2.05, 4.69) is 123 Å². The zero-order valence-electron chi connectivity index (χ0n) is 65.8. The Morgan fingerprint density at radius 2 is 0.574 bits per heavy atom. The minimum Gasteiger partial charge on any atom is -0.478 e. The molecule has 0 aromatic heterocycles. The van der Waals surface area contributed by atoms with Crippen LogP contribution in [0.4, 0.5) is 0 Å². The van der Waals surface area contributed by atoms with Crippen molar-refractivity contribution in [2.75, 3.05) is 60.0 Å². The van der Waals surface area contributed by atoms with Crippen LogP contribution in [0, 0.1) is 0 Å². The fourth-order valence-electron chi connectivity index (χ4n) is 7.36. The van der Waals surface area contributed by atoms with Gasteiger partial charge in [0.15, 0.2) is 0 Å². The molecule has 14 N–H and O–H groups in total. The molecule has 0 unspecified atom stereocenters. The van der Waals surface area contributed by atoms with Gasteiger partial charge in [0.1, 0.15) is 86.8 Å². The monoisotopic (exact) mass is 1710 g/mol. The minimum absolute atomic E-state index is 0. The standard InChI is InChI=1S/C16H15N3O7.C14H18N2O5.C13H16N2O5.C12H14N2O5.C11H12N2O5.C10H10N2O5.CH4/c1-9-17-6-11(16(24)18-9)8-26-14(22)5-4-13(21)25-7-10-2-3-12(20)19-15(10)23;1-9-15-7-10(13(19)16-9)8-20-11(17)5-6-12(18)21-14(2,3)4;1-8(2)20-12(17)5-4-11(16)19-7-10-6-14-9(3)15-13(10)18;1-3-18-10(15)4-5-11(16)19-7-9-6-13-8(2)14-12(9)17;1-7-12-5-8(11(16)13-7)6-18-10(15)4-3-9(14)17-2;1-6-11-4-7(10(16)12-6)5-17-9(15)3-2-8(13)14;/h2,4-6,17H,1,3,7-8H2,(H,18,24)(H,19,20,23);5-7,15H,1,8H2,2-4H3,(H,16,19);4-6,8,14H,3,7H2,1-2H3,(H,15,18);4-6,13H,2-3,7H2,1H3,(H,14,17);3-5,12H,1,6H2,2H3,(H,13,16);2-4,11H,1,5H2,(H,12,16)(H,13,14);1H4/b5-4+;6-5+;2*5-4+;4-3+;3-2+;. The van der Waals surface area contributed by atoms with Gasteiger partial charge in [0.25, 0.3) is 41.4 Å². The SMILES string of the molecule is C.C=C1NC=C(COC(=O)/C=C/C(=O)O)C(=O)N1.C=C1NC=C(COC(=O)/C=C/C(=O)OC(C)(C)C)C(=O)N1.C=C1NC=C(COC(=O)/C=C/C(=O)OC(C)C)C(=O)N1.C=C1NC=C(COC(=O)/C=C/C(=O)OC)C(=O)N1.C=C1NC=C(COC(=O)/C=C/C(=O)OCC)C(=O)N1.C=C1NC=C(COC(=O)/C=C/C(=O)OCC2=CCC(=O)NC2=O)C(=O)N1. The molecule has 7 heterocycles. The number of imide groups is 1. The first-order valence-corrected chi connectivity index (χ1v) is 34.4. The Morgan fingerprint density at radius 1 is 0.352 bits per heavy atom. The van der Waals surface area contributed by atoms with Crippen molar-refractivity contribution in [3.05, 3.63) is 230 Å². The van der Waals surface area contributed by atoms with Crippen LogP contribution < -0.4 is 69.1 Å². The first-order chi connectivity index (χ1) is 56.9. The van der Waals surface area contributed by atoms with Crippen molar-refractivity contribution in [1.82, 2.24) is 69.1 Å². The Bertz CT molecular complexity index is 4540. The summed E-state index contributed by atoms with van der Waals surface area (Å²) in [6, 6.07) is 0. The van der Waals surface area contributed by atoms with Crippen molar-refractivity contribution >= 4 is 119 Å². The van der Waals surface area contributed by atoms with Crippen LogP contribution in [0.2, 0.25) is 0 Å². The first-order valence-electron chi connectivity index (χ1n) is 34.4. The lowest BCUT2D eigenvalue weighted by molar-refractivity contribution is -0.149. The second-order valence-corrected chi connectivity index (χ2v) is 24.2. The lowest BCUT2D eigenvalue weighted by Gasteiger charge is -2.18. The molecule has 0 aromatic rings. The molecule has 0 saturated carbocycles. The second kappa shape index (κ2) is 54.3. The Kier molecular flexibility index (Phi) is 46.1. The molecule has 0 bridgehead atoms. The quantitative estimate of drug-likeness (QED) is 0.0178. The number of carbonyl (C=O) groups is 20. The van der Waals surface area contributed by atoms with Crippen molar-refractivity contribution in [2.45, 2.75) is 67.1 Å². The average Bonchev–Trinajstić information content (AvgIpc) is 0.915. The first kappa shape index (κ1) is 103. The van der Waals surface area contributed by atoms with Gasteiger partial charge in [-0.05, 0) is 41.5 Å². The highest BCUT2D eigenvalue weighted by atomic mass is 16.6. The molecule has 0 aromatic carbocycles. The van der Waals surface area contributed by atoms with E-state index in [1.807, 2.05) is 0 Å². The molecule has 122 heavy (non-hydrogen) atoms. The van der Waals surface area contributed by atoms with Crippen molar-refractivity contribution in [3.63, 3.8) is 0 Å². The maximum atomic E-state index is 11.5. The van der Waals surface area contributed by atoms with Crippen LogP contribution in [-0.4, -0.2) is 196 Å². The fraction of sp³-hybridized carbons (Fsp3) is 0.247. The lowest BCUT2D eigenvalue weighted by Crippen LogP contribution is -2.36. The third kappa shape index (κ3) is 46.1. The molecule has 0 spiro atoms. The summed E-state index contributed by atoms with van der Waals surface area (Å²) in [5.74, 6) is -10.9. The highest BCUT2D eigenvalue weighted by Crippen LogP contribution is 2.11. The maximum absolute atomic E-state index is 11.5. The molecule has 7 aliphatic rings. The van der Waals surface area contributed by atoms with Gasteiger partial charge in [-0.15, -0.1) is 0 Å². The highest BCUT2D eigenvalue weighted by molar-refractivity contribution is 6.08. The van der Waals surface area contributed by atoms with E-state index in [4.69, 9.17) is 43.0 Å². The van der Waals surface area contributed by atoms with E-state index in [1.165, 1.54) is 50.4 Å². The molecule has 8 amide bonds. The number of carboxylic acid groups (broad SMARTS) is 1. The van der Waals surface area contributed by atoms with Gasteiger partial charge in [-0.3, -0.25) is 43.7 Å². The summed E-state index contributed by atoms with van der Waals surface area (Å²) in [6.07, 6.45) is 20.0. The van der Waals surface area contributed by atoms with Crippen LogP contribution >= 0.6 is 0 Å². The topological polar surface area (TPSA) is 620 Å². The van der Waals surface area contributed by atoms with Crippen LogP contribution in [0.5, 0.6) is 0 Å². The molecule has 0 aliphatic carbocycles. The Labute approximate surface area is 695 Å². The number of rotatable bonds is 28. The number of carbonyl (C=O) groups excluding carboxylic acids is 19. The number of hydrogen-bond acceptors (Lipinski definition) is 37. The van der Waals surface area contributed by atoms with Gasteiger partial charge in [0.2, 0.25) is 5.91 Å². The van der Waals surface area contributed by atoms with Gasteiger partial charge in [0, 0.05) is 117 Å². The van der Waals surface area contributed by atoms with Gasteiger partial charge >= 0.3 is 71.6 Å². The van der Waals surface area contributed by atoms with E-state index in [0.717, 1.165) is 66.8 Å². The summed E-state index contributed by atoms with van der Waals surface area (Å²) in [5, 5.41) is 40.9.